The van der Waals surface area contributed by atoms with Gasteiger partial charge in [-0.3, -0.25) is 14.9 Å². The van der Waals surface area contributed by atoms with Gasteiger partial charge in [0.2, 0.25) is 0 Å². The van der Waals surface area contributed by atoms with Crippen molar-refractivity contribution in [2.75, 3.05) is 6.54 Å². The molecule has 0 fully saturated rings. The van der Waals surface area contributed by atoms with E-state index >= 15 is 0 Å². The maximum Gasteiger partial charge on any atom is 0.282 e. The molecule has 26 heavy (non-hydrogen) atoms. The van der Waals surface area contributed by atoms with E-state index in [0.717, 1.165) is 10.8 Å². The fourth-order valence-electron chi connectivity index (χ4n) is 2.78. The van der Waals surface area contributed by atoms with Gasteiger partial charge in [-0.15, -0.1) is 0 Å². The summed E-state index contributed by atoms with van der Waals surface area (Å²) in [6, 6.07) is 16.9. The van der Waals surface area contributed by atoms with E-state index in [1.54, 1.807) is 6.07 Å². The molecule has 1 amide bonds. The molecule has 0 bridgehead atoms. The number of hydrogen-bond acceptors (Lipinski definition) is 4. The van der Waals surface area contributed by atoms with Crippen LogP contribution in [-0.4, -0.2) is 22.5 Å². The Bertz CT molecular complexity index is 985. The monoisotopic (exact) mass is 370 g/mol. The van der Waals surface area contributed by atoms with Gasteiger partial charge in [0, 0.05) is 17.6 Å². The third-order valence-corrected chi connectivity index (χ3v) is 4.27. The summed E-state index contributed by atoms with van der Waals surface area (Å²) in [4.78, 5) is 22.8. The summed E-state index contributed by atoms with van der Waals surface area (Å²) in [5, 5.41) is 26.2. The van der Waals surface area contributed by atoms with Crippen LogP contribution in [0.1, 0.15) is 22.0 Å². The topological polar surface area (TPSA) is 92.5 Å². The Morgan fingerprint density at radius 1 is 1.15 bits per heavy atom. The van der Waals surface area contributed by atoms with Crippen molar-refractivity contribution in [3.05, 3.63) is 86.9 Å². The molecule has 6 nitrogen and oxygen atoms in total. The van der Waals surface area contributed by atoms with E-state index < -0.39 is 16.9 Å². The molecule has 3 aromatic rings. The van der Waals surface area contributed by atoms with E-state index in [1.807, 2.05) is 36.4 Å². The van der Waals surface area contributed by atoms with Crippen LogP contribution in [0.4, 0.5) is 5.69 Å². The van der Waals surface area contributed by atoms with E-state index in [1.165, 1.54) is 18.2 Å². The molecule has 3 aromatic carbocycles. The number of nitro groups is 1. The Morgan fingerprint density at radius 2 is 1.88 bits per heavy atom. The normalized spacial score (nSPS) is 11.9. The number of aliphatic hydroxyl groups is 1. The average Bonchev–Trinajstić information content (AvgIpc) is 2.65. The van der Waals surface area contributed by atoms with E-state index in [2.05, 4.69) is 5.32 Å². The van der Waals surface area contributed by atoms with Crippen molar-refractivity contribution in [2.45, 2.75) is 6.10 Å². The van der Waals surface area contributed by atoms with Crippen LogP contribution in [0.25, 0.3) is 10.8 Å². The first-order chi connectivity index (χ1) is 12.5. The second kappa shape index (κ2) is 7.51. The Kier molecular flexibility index (Phi) is 5.16. The molecule has 1 atom stereocenters. The third-order valence-electron chi connectivity index (χ3n) is 4.04. The minimum atomic E-state index is -0.955. The highest BCUT2D eigenvalue weighted by Gasteiger charge is 2.21. The number of aliphatic hydroxyl groups excluding tert-OH is 1. The second-order valence-corrected chi connectivity index (χ2v) is 6.15. The van der Waals surface area contributed by atoms with Crippen molar-refractivity contribution < 1.29 is 14.8 Å². The largest absolute Gasteiger partial charge is 0.387 e. The number of nitro benzene ring substituents is 1. The lowest BCUT2D eigenvalue weighted by atomic mass is 10.0. The average molecular weight is 371 g/mol. The van der Waals surface area contributed by atoms with E-state index in [0.29, 0.717) is 5.56 Å². The highest BCUT2D eigenvalue weighted by Crippen LogP contribution is 2.25. The standard InChI is InChI=1S/C19H15ClN2O4/c20-13-8-9-17(22(25)26)16(10-13)19(24)21-11-18(23)15-7-3-5-12-4-1-2-6-14(12)15/h1-10,18,23H,11H2,(H,21,24). The van der Waals surface area contributed by atoms with Gasteiger partial charge in [-0.1, -0.05) is 54.1 Å². The van der Waals surface area contributed by atoms with Crippen molar-refractivity contribution in [1.82, 2.24) is 5.32 Å². The fraction of sp³-hybridized carbons (Fsp3) is 0.105. The van der Waals surface area contributed by atoms with Crippen LogP contribution in [-0.2, 0) is 0 Å². The van der Waals surface area contributed by atoms with Gasteiger partial charge in [-0.2, -0.15) is 0 Å². The number of carbonyl (C=O) groups excluding carboxylic acids is 1. The van der Waals surface area contributed by atoms with Gasteiger partial charge in [0.15, 0.2) is 0 Å². The first-order valence-electron chi connectivity index (χ1n) is 7.85. The number of benzene rings is 3. The SMILES string of the molecule is O=C(NCC(O)c1cccc2ccccc12)c1cc(Cl)ccc1[N+](=O)[O-]. The molecule has 0 spiro atoms. The highest BCUT2D eigenvalue weighted by molar-refractivity contribution is 6.31. The second-order valence-electron chi connectivity index (χ2n) is 5.71. The number of nitrogens with zero attached hydrogens (tertiary/aromatic N) is 1. The molecule has 1 unspecified atom stereocenters. The van der Waals surface area contributed by atoms with Gasteiger partial charge >= 0.3 is 0 Å². The van der Waals surface area contributed by atoms with Crippen LogP contribution >= 0.6 is 11.6 Å². The highest BCUT2D eigenvalue weighted by atomic mass is 35.5. The number of nitrogens with one attached hydrogen (secondary N) is 1. The summed E-state index contributed by atoms with van der Waals surface area (Å²) in [5.74, 6) is -0.668. The number of halogens is 1. The molecule has 7 heteroatoms. The number of fused-ring (bicyclic) bond motifs is 1. The molecule has 0 aliphatic rings. The zero-order valence-electron chi connectivity index (χ0n) is 13.6. The van der Waals surface area contributed by atoms with Crippen molar-refractivity contribution in [2.24, 2.45) is 0 Å². The van der Waals surface area contributed by atoms with Crippen LogP contribution in [0.5, 0.6) is 0 Å². The molecule has 0 saturated heterocycles. The minimum Gasteiger partial charge on any atom is -0.387 e. The van der Waals surface area contributed by atoms with E-state index in [4.69, 9.17) is 11.6 Å². The van der Waals surface area contributed by atoms with Crippen molar-refractivity contribution in [3.8, 4) is 0 Å². The van der Waals surface area contributed by atoms with Crippen LogP contribution in [0.2, 0.25) is 5.02 Å². The number of hydrogen-bond donors (Lipinski definition) is 2. The summed E-state index contributed by atoms with van der Waals surface area (Å²) in [6.07, 6.45) is -0.955. The molecule has 2 N–H and O–H groups in total. The van der Waals surface area contributed by atoms with Crippen molar-refractivity contribution in [1.29, 1.82) is 0 Å². The van der Waals surface area contributed by atoms with E-state index in [-0.39, 0.29) is 22.8 Å². The van der Waals surface area contributed by atoms with Gasteiger partial charge in [0.25, 0.3) is 11.6 Å². The van der Waals surface area contributed by atoms with Gasteiger partial charge in [-0.25, -0.2) is 0 Å². The fourth-order valence-corrected chi connectivity index (χ4v) is 2.96. The Labute approximate surface area is 154 Å². The predicted molar refractivity (Wildman–Crippen MR) is 99.3 cm³/mol. The molecule has 0 aliphatic carbocycles. The summed E-state index contributed by atoms with van der Waals surface area (Å²) >= 11 is 5.84. The third kappa shape index (κ3) is 3.66. The lowest BCUT2D eigenvalue weighted by Crippen LogP contribution is -2.29. The molecule has 132 valence electrons. The zero-order valence-corrected chi connectivity index (χ0v) is 14.3. The summed E-state index contributed by atoms with van der Waals surface area (Å²) in [6.45, 7) is -0.0868. The molecule has 0 aliphatic heterocycles. The van der Waals surface area contributed by atoms with Gasteiger partial charge < -0.3 is 10.4 Å². The Morgan fingerprint density at radius 3 is 2.65 bits per heavy atom. The molecule has 0 aromatic heterocycles. The Balaban J connectivity index is 1.79. The lowest BCUT2D eigenvalue weighted by molar-refractivity contribution is -0.385. The summed E-state index contributed by atoms with van der Waals surface area (Å²) in [7, 11) is 0. The van der Waals surface area contributed by atoms with Crippen LogP contribution in [0.15, 0.2) is 60.7 Å². The van der Waals surface area contributed by atoms with E-state index in [9.17, 15) is 20.0 Å². The maximum atomic E-state index is 12.3. The zero-order chi connectivity index (χ0) is 18.7. The molecule has 0 radical (unpaired) electrons. The summed E-state index contributed by atoms with van der Waals surface area (Å²) < 4.78 is 0. The van der Waals surface area contributed by atoms with Crippen LogP contribution in [0, 0.1) is 10.1 Å². The van der Waals surface area contributed by atoms with Crippen molar-refractivity contribution in [3.63, 3.8) is 0 Å². The lowest BCUT2D eigenvalue weighted by Gasteiger charge is -2.15. The van der Waals surface area contributed by atoms with Crippen molar-refractivity contribution >= 4 is 34.0 Å². The van der Waals surface area contributed by atoms with Gasteiger partial charge in [-0.05, 0) is 28.5 Å². The molecule has 0 heterocycles. The quantitative estimate of drug-likeness (QED) is 0.526. The minimum absolute atomic E-state index is 0.0868. The molecule has 0 saturated carbocycles. The Hall–Kier alpha value is -2.96. The van der Waals surface area contributed by atoms with Gasteiger partial charge in [0.05, 0.1) is 11.0 Å². The first-order valence-corrected chi connectivity index (χ1v) is 8.23. The number of carbonyl (C=O) groups is 1. The smallest absolute Gasteiger partial charge is 0.282 e. The number of rotatable bonds is 5. The predicted octanol–water partition coefficient (Wildman–Crippen LogP) is 3.86. The molecule has 3 rings (SSSR count). The molecular weight excluding hydrogens is 356 g/mol. The maximum absolute atomic E-state index is 12.3. The first kappa shape index (κ1) is 17.8. The summed E-state index contributed by atoms with van der Waals surface area (Å²) in [5.41, 5.74) is 0.183. The van der Waals surface area contributed by atoms with Crippen LogP contribution in [0.3, 0.4) is 0 Å². The van der Waals surface area contributed by atoms with Crippen LogP contribution < -0.4 is 5.32 Å². The molecular formula is C19H15ClN2O4. The number of amides is 1. The van der Waals surface area contributed by atoms with Gasteiger partial charge in [0.1, 0.15) is 5.56 Å².